The third kappa shape index (κ3) is 5.34. The molecule has 0 aliphatic carbocycles. The van der Waals surface area contributed by atoms with Crippen molar-refractivity contribution in [1.29, 1.82) is 0 Å². The van der Waals surface area contributed by atoms with E-state index in [-0.39, 0.29) is 17.1 Å². The van der Waals surface area contributed by atoms with Gasteiger partial charge in [-0.15, -0.1) is 0 Å². The zero-order valence-corrected chi connectivity index (χ0v) is 21.2. The second kappa shape index (κ2) is 9.86. The average Bonchev–Trinajstić information content (AvgIpc) is 3.22. The molecule has 1 amide bonds. The first-order chi connectivity index (χ1) is 17.3. The van der Waals surface area contributed by atoms with E-state index in [4.69, 9.17) is 4.98 Å². The van der Waals surface area contributed by atoms with E-state index >= 15 is 0 Å². The molecule has 186 valence electrons. The van der Waals surface area contributed by atoms with Crippen LogP contribution in [0.4, 0.5) is 4.39 Å². The van der Waals surface area contributed by atoms with Crippen LogP contribution in [0.2, 0.25) is 0 Å². The number of carbonyl (C=O) groups is 1. The Labute approximate surface area is 212 Å². The van der Waals surface area contributed by atoms with Gasteiger partial charge in [-0.2, -0.15) is 0 Å². The molecule has 5 rings (SSSR count). The zero-order valence-electron chi connectivity index (χ0n) is 21.2. The number of nitrogens with zero attached hydrogens (tertiary/aromatic N) is 4. The molecule has 2 aromatic heterocycles. The normalized spacial score (nSPS) is 14.9. The number of benzene rings is 2. The number of halogens is 1. The lowest BCUT2D eigenvalue weighted by Gasteiger charge is -2.36. The van der Waals surface area contributed by atoms with Crippen LogP contribution in [0.1, 0.15) is 32.9 Å². The molecule has 1 aliphatic rings. The second-order valence-corrected chi connectivity index (χ2v) is 10.8. The van der Waals surface area contributed by atoms with Crippen LogP contribution < -0.4 is 0 Å². The summed E-state index contributed by atoms with van der Waals surface area (Å²) in [7, 11) is 0. The summed E-state index contributed by atoms with van der Waals surface area (Å²) in [4.78, 5) is 22.0. The fraction of sp³-hybridized carbons (Fsp3) is 0.333. The molecular weight excluding hydrogens is 451 g/mol. The summed E-state index contributed by atoms with van der Waals surface area (Å²) in [5.41, 5.74) is 5.96. The Morgan fingerprint density at radius 1 is 0.861 bits per heavy atom. The topological polar surface area (TPSA) is 40.9 Å². The predicted octanol–water partition coefficient (Wildman–Crippen LogP) is 5.89. The van der Waals surface area contributed by atoms with Gasteiger partial charge in [0.05, 0.1) is 11.4 Å². The lowest BCUT2D eigenvalue weighted by Crippen LogP contribution is -2.49. The van der Waals surface area contributed by atoms with Crippen LogP contribution in [-0.2, 0) is 11.3 Å². The summed E-state index contributed by atoms with van der Waals surface area (Å²) in [5.74, 6) is -0.0251. The molecule has 0 atom stereocenters. The van der Waals surface area contributed by atoms with Gasteiger partial charge in [-0.05, 0) is 52.9 Å². The van der Waals surface area contributed by atoms with Crippen molar-refractivity contribution in [3.63, 3.8) is 0 Å². The van der Waals surface area contributed by atoms with E-state index in [9.17, 15) is 9.18 Å². The van der Waals surface area contributed by atoms with E-state index in [1.165, 1.54) is 12.1 Å². The maximum Gasteiger partial charge on any atom is 0.223 e. The Balaban J connectivity index is 1.45. The first-order valence-corrected chi connectivity index (χ1v) is 12.6. The minimum atomic E-state index is -0.258. The van der Waals surface area contributed by atoms with E-state index < -0.39 is 0 Å². The summed E-state index contributed by atoms with van der Waals surface area (Å²) in [6.07, 6.45) is 2.71. The minimum absolute atomic E-state index is 0.00868. The van der Waals surface area contributed by atoms with Crippen LogP contribution in [0.3, 0.4) is 0 Å². The molecule has 4 aromatic rings. The van der Waals surface area contributed by atoms with Crippen LogP contribution >= 0.6 is 0 Å². The molecule has 0 bridgehead atoms. The van der Waals surface area contributed by atoms with Crippen molar-refractivity contribution < 1.29 is 9.18 Å². The quantitative estimate of drug-likeness (QED) is 0.355. The number of hydrogen-bond donors (Lipinski definition) is 0. The van der Waals surface area contributed by atoms with Crippen molar-refractivity contribution >= 4 is 11.6 Å². The van der Waals surface area contributed by atoms with E-state index in [0.717, 1.165) is 59.9 Å². The molecule has 1 fully saturated rings. The molecule has 0 unspecified atom stereocenters. The van der Waals surface area contributed by atoms with Crippen LogP contribution in [0, 0.1) is 11.2 Å². The first-order valence-electron chi connectivity index (χ1n) is 12.6. The van der Waals surface area contributed by atoms with Crippen molar-refractivity contribution in [2.24, 2.45) is 5.41 Å². The molecule has 1 aliphatic heterocycles. The molecule has 36 heavy (non-hydrogen) atoms. The smallest absolute Gasteiger partial charge is 0.223 e. The number of imidazole rings is 1. The highest BCUT2D eigenvalue weighted by Crippen LogP contribution is 2.29. The zero-order chi connectivity index (χ0) is 25.3. The average molecular weight is 485 g/mol. The number of pyridine rings is 1. The molecule has 0 radical (unpaired) electrons. The van der Waals surface area contributed by atoms with Crippen molar-refractivity contribution in [1.82, 2.24) is 19.2 Å². The van der Waals surface area contributed by atoms with Gasteiger partial charge in [0.2, 0.25) is 5.91 Å². The first kappa shape index (κ1) is 24.2. The summed E-state index contributed by atoms with van der Waals surface area (Å²) >= 11 is 0. The molecule has 0 saturated carbocycles. The highest BCUT2D eigenvalue weighted by molar-refractivity contribution is 5.77. The Hall–Kier alpha value is -3.51. The Kier molecular flexibility index (Phi) is 6.63. The standard InChI is InChI=1S/C30H33FN4O/c1-30(2,3)19-28(36)34-17-15-33(16-18-34)21-26-29(23-9-12-25(31)13-10-23)32-27-14-11-24(20-35(26)27)22-7-5-4-6-8-22/h4-14,20H,15-19,21H2,1-3H3. The molecular formula is C30H33FN4O. The fourth-order valence-electron chi connectivity index (χ4n) is 4.82. The van der Waals surface area contributed by atoms with Crippen LogP contribution in [0.25, 0.3) is 28.0 Å². The van der Waals surface area contributed by atoms with Crippen molar-refractivity contribution in [3.8, 4) is 22.4 Å². The Morgan fingerprint density at radius 3 is 2.19 bits per heavy atom. The van der Waals surface area contributed by atoms with Gasteiger partial charge >= 0.3 is 0 Å². The predicted molar refractivity (Wildman–Crippen MR) is 142 cm³/mol. The van der Waals surface area contributed by atoms with Gasteiger partial charge in [0, 0.05) is 50.9 Å². The number of carbonyl (C=O) groups excluding carboxylic acids is 1. The molecule has 3 heterocycles. The van der Waals surface area contributed by atoms with Crippen molar-refractivity contribution in [3.05, 3.63) is 84.4 Å². The lowest BCUT2D eigenvalue weighted by molar-refractivity contribution is -0.134. The van der Waals surface area contributed by atoms with E-state index in [0.29, 0.717) is 13.0 Å². The maximum absolute atomic E-state index is 13.7. The summed E-state index contributed by atoms with van der Waals surface area (Å²) in [6.45, 7) is 10.1. The van der Waals surface area contributed by atoms with Crippen LogP contribution in [-0.4, -0.2) is 51.3 Å². The minimum Gasteiger partial charge on any atom is -0.340 e. The summed E-state index contributed by atoms with van der Waals surface area (Å²) in [5, 5.41) is 0. The number of rotatable bonds is 5. The maximum atomic E-state index is 13.7. The molecule has 0 N–H and O–H groups in total. The summed E-state index contributed by atoms with van der Waals surface area (Å²) < 4.78 is 15.8. The van der Waals surface area contributed by atoms with Gasteiger partial charge in [0.25, 0.3) is 0 Å². The van der Waals surface area contributed by atoms with Crippen molar-refractivity contribution in [2.45, 2.75) is 33.7 Å². The number of fused-ring (bicyclic) bond motifs is 1. The largest absolute Gasteiger partial charge is 0.340 e. The molecule has 6 heteroatoms. The van der Waals surface area contributed by atoms with E-state index in [1.807, 2.05) is 29.2 Å². The molecule has 1 saturated heterocycles. The van der Waals surface area contributed by atoms with Gasteiger partial charge in [-0.25, -0.2) is 9.37 Å². The van der Waals surface area contributed by atoms with Crippen molar-refractivity contribution in [2.75, 3.05) is 26.2 Å². The third-order valence-electron chi connectivity index (χ3n) is 6.72. The van der Waals surface area contributed by atoms with Gasteiger partial charge in [-0.1, -0.05) is 51.1 Å². The van der Waals surface area contributed by atoms with Gasteiger partial charge < -0.3 is 9.30 Å². The van der Waals surface area contributed by atoms with E-state index in [2.05, 4.69) is 54.5 Å². The highest BCUT2D eigenvalue weighted by Gasteiger charge is 2.26. The van der Waals surface area contributed by atoms with Crippen LogP contribution in [0.5, 0.6) is 0 Å². The number of hydrogen-bond acceptors (Lipinski definition) is 3. The van der Waals surface area contributed by atoms with E-state index in [1.54, 1.807) is 12.1 Å². The van der Waals surface area contributed by atoms with Crippen LogP contribution in [0.15, 0.2) is 72.9 Å². The number of amides is 1. The molecule has 0 spiro atoms. The Bertz CT molecular complexity index is 1350. The molecule has 5 nitrogen and oxygen atoms in total. The van der Waals surface area contributed by atoms with Gasteiger partial charge in [0.1, 0.15) is 11.5 Å². The van der Waals surface area contributed by atoms with Gasteiger partial charge in [0.15, 0.2) is 0 Å². The molecule has 2 aromatic carbocycles. The third-order valence-corrected chi connectivity index (χ3v) is 6.72. The van der Waals surface area contributed by atoms with Gasteiger partial charge in [-0.3, -0.25) is 9.69 Å². The second-order valence-electron chi connectivity index (χ2n) is 10.8. The number of aromatic nitrogens is 2. The monoisotopic (exact) mass is 484 g/mol. The summed E-state index contributed by atoms with van der Waals surface area (Å²) in [6, 6.07) is 21.0. The Morgan fingerprint density at radius 2 is 1.53 bits per heavy atom. The SMILES string of the molecule is CC(C)(C)CC(=O)N1CCN(Cc2c(-c3ccc(F)cc3)nc3ccc(-c4ccccc4)cn23)CC1. The number of piperazine rings is 1. The lowest BCUT2D eigenvalue weighted by atomic mass is 9.91. The fourth-order valence-corrected chi connectivity index (χ4v) is 4.82. The highest BCUT2D eigenvalue weighted by atomic mass is 19.1.